The lowest BCUT2D eigenvalue weighted by atomic mass is 10.1. The smallest absolute Gasteiger partial charge is 0.330 e. The number of benzene rings is 3. The molecule has 0 aliphatic carbocycles. The molecule has 0 aromatic heterocycles. The minimum atomic E-state index is -0.681. The zero-order valence-electron chi connectivity index (χ0n) is 26.2. The predicted molar refractivity (Wildman–Crippen MR) is 173 cm³/mol. The molecule has 3 rings (SSSR count). The Kier molecular flexibility index (Phi) is 15.5. The van der Waals surface area contributed by atoms with Crippen molar-refractivity contribution in [2.45, 2.75) is 51.7 Å². The van der Waals surface area contributed by atoms with E-state index in [2.05, 4.69) is 27.0 Å². The molecule has 0 spiro atoms. The van der Waals surface area contributed by atoms with Crippen LogP contribution in [0.4, 0.5) is 0 Å². The molecule has 3 aromatic carbocycles. The Labute approximate surface area is 265 Å². The molecule has 2 atom stereocenters. The van der Waals surface area contributed by atoms with Gasteiger partial charge in [0.15, 0.2) is 23.7 Å². The first-order valence-electron chi connectivity index (χ1n) is 15.3. The van der Waals surface area contributed by atoms with Crippen LogP contribution in [0.3, 0.4) is 0 Å². The van der Waals surface area contributed by atoms with Crippen LogP contribution in [-0.4, -0.2) is 63.8 Å². The lowest BCUT2D eigenvalue weighted by Gasteiger charge is -2.22. The van der Waals surface area contributed by atoms with Crippen molar-refractivity contribution in [3.05, 3.63) is 86.0 Å². The molecule has 0 saturated carbocycles. The van der Waals surface area contributed by atoms with E-state index in [-0.39, 0.29) is 26.4 Å². The second-order valence-corrected chi connectivity index (χ2v) is 10.2. The summed E-state index contributed by atoms with van der Waals surface area (Å²) in [6.45, 7) is 12.6. The number of hydrogen-bond acceptors (Lipinski definition) is 9. The van der Waals surface area contributed by atoms with Crippen LogP contribution in [-0.2, 0) is 28.5 Å². The van der Waals surface area contributed by atoms with E-state index in [0.29, 0.717) is 41.6 Å². The third kappa shape index (κ3) is 11.9. The van der Waals surface area contributed by atoms with Gasteiger partial charge in [0.05, 0.1) is 13.2 Å². The van der Waals surface area contributed by atoms with E-state index in [1.807, 2.05) is 54.6 Å². The van der Waals surface area contributed by atoms with E-state index in [0.717, 1.165) is 43.2 Å². The highest BCUT2D eigenvalue weighted by atomic mass is 16.6. The molecule has 0 heterocycles. The van der Waals surface area contributed by atoms with E-state index in [9.17, 15) is 9.59 Å². The molecule has 2 unspecified atom stereocenters. The molecule has 0 N–H and O–H groups in total. The molecular formula is C36H44O9. The second-order valence-electron chi connectivity index (χ2n) is 10.2. The van der Waals surface area contributed by atoms with Crippen molar-refractivity contribution in [3.8, 4) is 23.0 Å². The van der Waals surface area contributed by atoms with Gasteiger partial charge in [0.2, 0.25) is 0 Å². The SMILES string of the molecule is C=CC(=O)OC(COCCCC)COc1cc(Oc2ccccc2)c(OCC(COCCCC)OC(=O)C=C)c2ccccc12. The zero-order chi connectivity index (χ0) is 32.3. The molecule has 0 bridgehead atoms. The first-order valence-corrected chi connectivity index (χ1v) is 15.3. The highest BCUT2D eigenvalue weighted by molar-refractivity contribution is 5.95. The van der Waals surface area contributed by atoms with Crippen LogP contribution in [0, 0.1) is 0 Å². The maximum Gasteiger partial charge on any atom is 0.330 e. The van der Waals surface area contributed by atoms with Gasteiger partial charge in [0.25, 0.3) is 0 Å². The van der Waals surface area contributed by atoms with Crippen LogP contribution >= 0.6 is 0 Å². The van der Waals surface area contributed by atoms with Crippen molar-refractivity contribution in [1.29, 1.82) is 0 Å². The van der Waals surface area contributed by atoms with Crippen molar-refractivity contribution in [2.24, 2.45) is 0 Å². The van der Waals surface area contributed by atoms with E-state index >= 15 is 0 Å². The van der Waals surface area contributed by atoms with Crippen molar-refractivity contribution < 1.29 is 42.7 Å². The summed E-state index contributed by atoms with van der Waals surface area (Å²) in [4.78, 5) is 24.1. The molecular weight excluding hydrogens is 576 g/mol. The molecule has 0 aliphatic rings. The number of esters is 2. The Morgan fingerprint density at radius 3 is 1.78 bits per heavy atom. The Bertz CT molecular complexity index is 1360. The van der Waals surface area contributed by atoms with Crippen molar-refractivity contribution in [1.82, 2.24) is 0 Å². The third-order valence-corrected chi connectivity index (χ3v) is 6.52. The fourth-order valence-corrected chi connectivity index (χ4v) is 4.19. The van der Waals surface area contributed by atoms with Crippen LogP contribution in [0.2, 0.25) is 0 Å². The number of ether oxygens (including phenoxy) is 7. The van der Waals surface area contributed by atoms with Crippen molar-refractivity contribution in [3.63, 3.8) is 0 Å². The van der Waals surface area contributed by atoms with Gasteiger partial charge in [-0.1, -0.05) is 82.3 Å². The summed E-state index contributed by atoms with van der Waals surface area (Å²) in [5, 5.41) is 1.45. The molecule has 0 amide bonds. The summed E-state index contributed by atoms with van der Waals surface area (Å²) in [7, 11) is 0. The lowest BCUT2D eigenvalue weighted by molar-refractivity contribution is -0.148. The maximum absolute atomic E-state index is 12.1. The average molecular weight is 621 g/mol. The zero-order valence-corrected chi connectivity index (χ0v) is 26.2. The van der Waals surface area contributed by atoms with Gasteiger partial charge in [0, 0.05) is 42.2 Å². The van der Waals surface area contributed by atoms with Crippen LogP contribution in [0.15, 0.2) is 86.0 Å². The van der Waals surface area contributed by atoms with Crippen LogP contribution in [0.5, 0.6) is 23.0 Å². The number of para-hydroxylation sites is 1. The second kappa shape index (κ2) is 19.8. The van der Waals surface area contributed by atoms with Gasteiger partial charge in [-0.25, -0.2) is 9.59 Å². The highest BCUT2D eigenvalue weighted by Crippen LogP contribution is 2.43. The normalized spacial score (nSPS) is 12.1. The van der Waals surface area contributed by atoms with Gasteiger partial charge in [-0.3, -0.25) is 0 Å². The van der Waals surface area contributed by atoms with E-state index in [1.54, 1.807) is 6.07 Å². The van der Waals surface area contributed by atoms with Gasteiger partial charge >= 0.3 is 11.9 Å². The summed E-state index contributed by atoms with van der Waals surface area (Å²) < 4.78 is 41.4. The van der Waals surface area contributed by atoms with Crippen molar-refractivity contribution >= 4 is 22.7 Å². The molecule has 9 nitrogen and oxygen atoms in total. The van der Waals surface area contributed by atoms with Crippen LogP contribution < -0.4 is 14.2 Å². The number of hydrogen-bond donors (Lipinski definition) is 0. The van der Waals surface area contributed by atoms with Gasteiger partial charge in [-0.15, -0.1) is 0 Å². The summed E-state index contributed by atoms with van der Waals surface area (Å²) in [6, 6.07) is 18.6. The molecule has 9 heteroatoms. The molecule has 242 valence electrons. The Morgan fingerprint density at radius 2 is 1.22 bits per heavy atom. The lowest BCUT2D eigenvalue weighted by Crippen LogP contribution is -2.30. The van der Waals surface area contributed by atoms with Gasteiger partial charge in [-0.05, 0) is 25.0 Å². The maximum atomic E-state index is 12.1. The monoisotopic (exact) mass is 620 g/mol. The van der Waals surface area contributed by atoms with E-state index in [4.69, 9.17) is 33.2 Å². The summed E-state index contributed by atoms with van der Waals surface area (Å²) in [5.41, 5.74) is 0. The molecule has 0 radical (unpaired) electrons. The van der Waals surface area contributed by atoms with E-state index in [1.165, 1.54) is 0 Å². The number of fused-ring (bicyclic) bond motifs is 1. The molecule has 45 heavy (non-hydrogen) atoms. The Hall–Kier alpha value is -4.34. The first kappa shape index (κ1) is 35.1. The summed E-state index contributed by atoms with van der Waals surface area (Å²) in [5.74, 6) is 0.775. The van der Waals surface area contributed by atoms with Gasteiger partial charge in [0.1, 0.15) is 24.7 Å². The highest BCUT2D eigenvalue weighted by Gasteiger charge is 2.22. The number of carbonyl (C=O) groups excluding carboxylic acids is 2. The molecule has 0 aliphatic heterocycles. The molecule has 3 aromatic rings. The van der Waals surface area contributed by atoms with E-state index < -0.39 is 24.1 Å². The average Bonchev–Trinajstić information content (AvgIpc) is 3.06. The number of unbranched alkanes of at least 4 members (excludes halogenated alkanes) is 2. The minimum Gasteiger partial charge on any atom is -0.489 e. The standard InChI is InChI=1S/C36H44O9/c1-5-9-20-39-23-28(44-34(37)7-3)25-41-32-22-33(43-27-16-12-11-13-17-27)36(31-19-15-14-18-30(31)32)42-26-29(45-35(38)8-4)24-40-21-10-6-2/h7-8,11-19,22,28-29H,3-6,9-10,20-21,23-26H2,1-2H3. The summed E-state index contributed by atoms with van der Waals surface area (Å²) in [6.07, 6.45) is 4.64. The predicted octanol–water partition coefficient (Wildman–Crippen LogP) is 7.22. The van der Waals surface area contributed by atoms with Crippen LogP contribution in [0.1, 0.15) is 39.5 Å². The number of rotatable bonds is 22. The number of carbonyl (C=O) groups is 2. The fraction of sp³-hybridized carbons (Fsp3) is 0.389. The third-order valence-electron chi connectivity index (χ3n) is 6.52. The Morgan fingerprint density at radius 1 is 0.689 bits per heavy atom. The Balaban J connectivity index is 1.93. The minimum absolute atomic E-state index is 0.00965. The summed E-state index contributed by atoms with van der Waals surface area (Å²) >= 11 is 0. The fourth-order valence-electron chi connectivity index (χ4n) is 4.19. The topological polar surface area (TPSA) is 98.8 Å². The largest absolute Gasteiger partial charge is 0.489 e. The van der Waals surface area contributed by atoms with Crippen LogP contribution in [0.25, 0.3) is 10.8 Å². The molecule has 0 saturated heterocycles. The quantitative estimate of drug-likeness (QED) is 0.0655. The molecule has 0 fully saturated rings. The van der Waals surface area contributed by atoms with Gasteiger partial charge < -0.3 is 33.2 Å². The van der Waals surface area contributed by atoms with Crippen molar-refractivity contribution in [2.75, 3.05) is 39.6 Å². The van der Waals surface area contributed by atoms with Gasteiger partial charge in [-0.2, -0.15) is 0 Å². The first-order chi connectivity index (χ1) is 22.0.